The summed E-state index contributed by atoms with van der Waals surface area (Å²) in [6.45, 7) is 0. The maximum Gasteiger partial charge on any atom is 0.273 e. The molecule has 0 atom stereocenters. The number of ether oxygens (including phenoxy) is 1. The van der Waals surface area contributed by atoms with Crippen molar-refractivity contribution in [2.24, 2.45) is 0 Å². The molecule has 8 heteroatoms. The second kappa shape index (κ2) is 8.96. The maximum atomic E-state index is 12.8. The van der Waals surface area contributed by atoms with E-state index in [0.717, 1.165) is 0 Å². The zero-order valence-corrected chi connectivity index (χ0v) is 14.6. The number of carbonyl (C=O) groups is 3. The van der Waals surface area contributed by atoms with Gasteiger partial charge in [-0.25, -0.2) is 4.39 Å². The molecule has 0 unspecified atom stereocenters. The van der Waals surface area contributed by atoms with Crippen molar-refractivity contribution in [3.63, 3.8) is 0 Å². The number of methoxy groups -OCH3 is 1. The van der Waals surface area contributed by atoms with Gasteiger partial charge in [-0.15, -0.1) is 0 Å². The van der Waals surface area contributed by atoms with Crippen LogP contribution >= 0.6 is 11.6 Å². The monoisotopic (exact) mass is 378 g/mol. The summed E-state index contributed by atoms with van der Waals surface area (Å²) in [6.07, 6.45) is -0.211. The summed E-state index contributed by atoms with van der Waals surface area (Å²) >= 11 is 5.85. The zero-order chi connectivity index (χ0) is 19.1. The van der Waals surface area contributed by atoms with Crippen molar-refractivity contribution in [2.75, 3.05) is 7.11 Å². The number of hydrazine groups is 1. The second-order valence-electron chi connectivity index (χ2n) is 5.28. The Morgan fingerprint density at radius 2 is 1.73 bits per heavy atom. The number of hydrogen-bond acceptors (Lipinski definition) is 4. The lowest BCUT2D eigenvalue weighted by Gasteiger charge is -2.10. The Morgan fingerprint density at radius 3 is 2.38 bits per heavy atom. The van der Waals surface area contributed by atoms with Crippen molar-refractivity contribution in [2.45, 2.75) is 12.8 Å². The Morgan fingerprint density at radius 1 is 1.04 bits per heavy atom. The molecule has 0 saturated heterocycles. The first kappa shape index (κ1) is 19.4. The molecule has 26 heavy (non-hydrogen) atoms. The van der Waals surface area contributed by atoms with Gasteiger partial charge in [0.05, 0.1) is 12.7 Å². The van der Waals surface area contributed by atoms with E-state index in [1.165, 1.54) is 43.5 Å². The van der Waals surface area contributed by atoms with Crippen LogP contribution in [0.4, 0.5) is 4.39 Å². The molecule has 0 heterocycles. The van der Waals surface area contributed by atoms with Crippen LogP contribution in [0.25, 0.3) is 0 Å². The number of nitrogens with one attached hydrogen (secondary N) is 2. The Hall–Kier alpha value is -2.93. The van der Waals surface area contributed by atoms with Gasteiger partial charge in [-0.1, -0.05) is 11.6 Å². The van der Waals surface area contributed by atoms with Gasteiger partial charge in [0, 0.05) is 23.4 Å². The zero-order valence-electron chi connectivity index (χ0n) is 13.8. The Kier molecular flexibility index (Phi) is 6.68. The number of benzene rings is 2. The van der Waals surface area contributed by atoms with Crippen molar-refractivity contribution in [1.82, 2.24) is 10.9 Å². The maximum absolute atomic E-state index is 12.8. The Labute approximate surface area is 154 Å². The van der Waals surface area contributed by atoms with Crippen LogP contribution in [-0.4, -0.2) is 24.7 Å². The first-order chi connectivity index (χ1) is 12.4. The molecule has 2 aromatic carbocycles. The standard InChI is InChI=1S/C18H16ClFN2O4/c1-26-16-8-4-12(19)10-14(16)18(25)22-21-17(24)9-7-15(23)11-2-5-13(20)6-3-11/h2-6,8,10H,7,9H2,1H3,(H,21,24)(H,22,25). The molecule has 2 rings (SSSR count). The summed E-state index contributed by atoms with van der Waals surface area (Å²) in [6, 6.07) is 9.54. The molecule has 0 aliphatic heterocycles. The average molecular weight is 379 g/mol. The molecule has 0 saturated carbocycles. The van der Waals surface area contributed by atoms with Crippen LogP contribution in [0.1, 0.15) is 33.6 Å². The lowest BCUT2D eigenvalue weighted by molar-refractivity contribution is -0.121. The largest absolute Gasteiger partial charge is 0.496 e. The van der Waals surface area contributed by atoms with Gasteiger partial charge in [-0.3, -0.25) is 25.2 Å². The average Bonchev–Trinajstić information content (AvgIpc) is 2.64. The van der Waals surface area contributed by atoms with E-state index < -0.39 is 17.6 Å². The summed E-state index contributed by atoms with van der Waals surface area (Å²) < 4.78 is 17.9. The predicted molar refractivity (Wildman–Crippen MR) is 93.6 cm³/mol. The Bertz CT molecular complexity index is 824. The van der Waals surface area contributed by atoms with Crippen LogP contribution in [0.15, 0.2) is 42.5 Å². The first-order valence-electron chi connectivity index (χ1n) is 7.62. The highest BCUT2D eigenvalue weighted by Gasteiger charge is 2.14. The van der Waals surface area contributed by atoms with Gasteiger partial charge in [0.2, 0.25) is 5.91 Å². The van der Waals surface area contributed by atoms with Crippen molar-refractivity contribution in [3.8, 4) is 5.75 Å². The molecule has 0 fully saturated rings. The molecule has 0 aliphatic rings. The lowest BCUT2D eigenvalue weighted by atomic mass is 10.1. The molecule has 0 aromatic heterocycles. The van der Waals surface area contributed by atoms with Crippen molar-refractivity contribution in [1.29, 1.82) is 0 Å². The molecule has 136 valence electrons. The van der Waals surface area contributed by atoms with Gasteiger partial charge in [-0.2, -0.15) is 0 Å². The third-order valence-electron chi connectivity index (χ3n) is 3.47. The molecular formula is C18H16ClFN2O4. The fourth-order valence-corrected chi connectivity index (χ4v) is 2.29. The van der Waals surface area contributed by atoms with Gasteiger partial charge in [0.15, 0.2) is 5.78 Å². The molecule has 0 spiro atoms. The molecular weight excluding hydrogens is 363 g/mol. The minimum atomic E-state index is -0.609. The highest BCUT2D eigenvalue weighted by atomic mass is 35.5. The fraction of sp³-hybridized carbons (Fsp3) is 0.167. The van der Waals surface area contributed by atoms with E-state index in [4.69, 9.17) is 16.3 Å². The van der Waals surface area contributed by atoms with Gasteiger partial charge < -0.3 is 4.74 Å². The predicted octanol–water partition coefficient (Wildman–Crippen LogP) is 2.91. The van der Waals surface area contributed by atoms with E-state index in [9.17, 15) is 18.8 Å². The molecule has 2 N–H and O–H groups in total. The summed E-state index contributed by atoms with van der Waals surface area (Å²) in [4.78, 5) is 35.8. The SMILES string of the molecule is COc1ccc(Cl)cc1C(=O)NNC(=O)CCC(=O)c1ccc(F)cc1. The number of carbonyl (C=O) groups excluding carboxylic acids is 3. The number of hydrogen-bond donors (Lipinski definition) is 2. The van der Waals surface area contributed by atoms with E-state index in [1.807, 2.05) is 0 Å². The summed E-state index contributed by atoms with van der Waals surface area (Å²) in [5, 5.41) is 0.340. The minimum Gasteiger partial charge on any atom is -0.496 e. The summed E-state index contributed by atoms with van der Waals surface area (Å²) in [7, 11) is 1.40. The van der Waals surface area contributed by atoms with E-state index in [2.05, 4.69) is 10.9 Å². The van der Waals surface area contributed by atoms with Crippen LogP contribution < -0.4 is 15.6 Å². The van der Waals surface area contributed by atoms with Crippen LogP contribution in [0.5, 0.6) is 5.75 Å². The number of ketones is 1. The lowest BCUT2D eigenvalue weighted by Crippen LogP contribution is -2.41. The normalized spacial score (nSPS) is 10.1. The van der Waals surface area contributed by atoms with Gasteiger partial charge in [0.1, 0.15) is 11.6 Å². The molecule has 2 aromatic rings. The smallest absolute Gasteiger partial charge is 0.273 e. The first-order valence-corrected chi connectivity index (χ1v) is 8.00. The second-order valence-corrected chi connectivity index (χ2v) is 5.71. The number of amides is 2. The van der Waals surface area contributed by atoms with E-state index in [-0.39, 0.29) is 24.2 Å². The van der Waals surface area contributed by atoms with Crippen molar-refractivity contribution in [3.05, 3.63) is 64.4 Å². The van der Waals surface area contributed by atoms with Crippen LogP contribution in [0.2, 0.25) is 5.02 Å². The van der Waals surface area contributed by atoms with E-state index in [1.54, 1.807) is 6.07 Å². The third-order valence-corrected chi connectivity index (χ3v) is 3.70. The van der Waals surface area contributed by atoms with Gasteiger partial charge in [0.25, 0.3) is 5.91 Å². The third kappa shape index (κ3) is 5.29. The van der Waals surface area contributed by atoms with E-state index >= 15 is 0 Å². The summed E-state index contributed by atoms with van der Waals surface area (Å²) in [5.41, 5.74) is 4.92. The molecule has 0 aliphatic carbocycles. The number of Topliss-reactive ketones (excluding diaryl/α,β-unsaturated/α-hetero) is 1. The molecule has 6 nitrogen and oxygen atoms in total. The summed E-state index contributed by atoms with van der Waals surface area (Å²) in [5.74, 6) is -1.61. The number of rotatable bonds is 6. The van der Waals surface area contributed by atoms with Gasteiger partial charge >= 0.3 is 0 Å². The Balaban J connectivity index is 1.85. The van der Waals surface area contributed by atoms with Crippen molar-refractivity contribution >= 4 is 29.2 Å². The number of halogens is 2. The topological polar surface area (TPSA) is 84.5 Å². The minimum absolute atomic E-state index is 0.0756. The fourth-order valence-electron chi connectivity index (χ4n) is 2.12. The highest BCUT2D eigenvalue weighted by Crippen LogP contribution is 2.22. The van der Waals surface area contributed by atoms with Crippen LogP contribution in [-0.2, 0) is 4.79 Å². The van der Waals surface area contributed by atoms with Crippen LogP contribution in [0, 0.1) is 5.82 Å². The van der Waals surface area contributed by atoms with Gasteiger partial charge in [-0.05, 0) is 42.5 Å². The molecule has 0 bridgehead atoms. The van der Waals surface area contributed by atoms with E-state index in [0.29, 0.717) is 16.3 Å². The molecule has 0 radical (unpaired) electrons. The van der Waals surface area contributed by atoms with Crippen molar-refractivity contribution < 1.29 is 23.5 Å². The molecule has 2 amide bonds. The quantitative estimate of drug-likeness (QED) is 0.598. The highest BCUT2D eigenvalue weighted by molar-refractivity contribution is 6.31. The van der Waals surface area contributed by atoms with Crippen LogP contribution in [0.3, 0.4) is 0 Å².